The van der Waals surface area contributed by atoms with Crippen molar-refractivity contribution in [3.63, 3.8) is 0 Å². The number of fused-ring (bicyclic) bond motifs is 5. The lowest BCUT2D eigenvalue weighted by Gasteiger charge is -2.63. The van der Waals surface area contributed by atoms with Crippen LogP contribution in [0.4, 0.5) is 0 Å². The van der Waals surface area contributed by atoms with E-state index in [1.54, 1.807) is 13.8 Å². The van der Waals surface area contributed by atoms with Gasteiger partial charge in [0.05, 0.1) is 54.4 Å². The zero-order valence-corrected chi connectivity index (χ0v) is 32.9. The van der Waals surface area contributed by atoms with Crippen molar-refractivity contribution in [3.05, 3.63) is 11.6 Å². The van der Waals surface area contributed by atoms with Gasteiger partial charge in [-0.3, -0.25) is 0 Å². The quantitative estimate of drug-likeness (QED) is 0.162. The van der Waals surface area contributed by atoms with E-state index in [-0.39, 0.29) is 55.2 Å². The first-order valence-corrected chi connectivity index (χ1v) is 20.9. The van der Waals surface area contributed by atoms with Crippen LogP contribution in [0.5, 0.6) is 0 Å². The second kappa shape index (κ2) is 15.1. The summed E-state index contributed by atoms with van der Waals surface area (Å²) in [6.07, 6.45) is -1.26. The molecule has 0 aromatic carbocycles. The van der Waals surface area contributed by atoms with E-state index in [1.807, 2.05) is 6.92 Å². The van der Waals surface area contributed by atoms with Gasteiger partial charge in [-0.25, -0.2) is 4.79 Å². The zero-order valence-electron chi connectivity index (χ0n) is 32.9. The van der Waals surface area contributed by atoms with Crippen LogP contribution in [0.3, 0.4) is 0 Å². The second-order valence-electron chi connectivity index (χ2n) is 18.9. The number of carbonyl (C=O) groups is 1. The van der Waals surface area contributed by atoms with E-state index in [0.29, 0.717) is 18.3 Å². The van der Waals surface area contributed by atoms with Gasteiger partial charge in [-0.05, 0) is 94.5 Å². The number of carbonyl (C=O) groups excluding carboxylic acids is 1. The van der Waals surface area contributed by atoms with Gasteiger partial charge in [0.1, 0.15) is 24.9 Å². The molecule has 0 unspecified atom stereocenters. The molecule has 21 atom stereocenters. The van der Waals surface area contributed by atoms with Crippen molar-refractivity contribution in [2.75, 3.05) is 6.61 Å². The molecule has 3 saturated heterocycles. The summed E-state index contributed by atoms with van der Waals surface area (Å²) in [6.45, 7) is 9.98. The maximum Gasteiger partial charge on any atom is 0.331 e. The Morgan fingerprint density at radius 3 is 1.87 bits per heavy atom. The number of ether oxygens (including phenoxy) is 7. The Morgan fingerprint density at radius 2 is 1.29 bits per heavy atom. The van der Waals surface area contributed by atoms with E-state index in [2.05, 4.69) is 13.8 Å². The number of esters is 1. The molecule has 4 heterocycles. The smallest absolute Gasteiger partial charge is 0.331 e. The van der Waals surface area contributed by atoms with Gasteiger partial charge in [0, 0.05) is 43.1 Å². The van der Waals surface area contributed by atoms with Crippen LogP contribution >= 0.6 is 0 Å². The van der Waals surface area contributed by atoms with E-state index < -0.39 is 90.9 Å². The van der Waals surface area contributed by atoms with E-state index in [0.717, 1.165) is 50.5 Å². The molecular formula is C41H64O14. The Balaban J connectivity index is 0.834. The number of aliphatic hydroxyl groups excluding tert-OH is 5. The molecule has 7 fully saturated rings. The molecule has 4 aliphatic heterocycles. The molecule has 14 nitrogen and oxygen atoms in total. The van der Waals surface area contributed by atoms with Gasteiger partial charge in [-0.2, -0.15) is 0 Å². The minimum atomic E-state index is -1.01. The third kappa shape index (κ3) is 7.05. The maximum absolute atomic E-state index is 12.6. The van der Waals surface area contributed by atoms with Gasteiger partial charge in [-0.15, -0.1) is 0 Å². The van der Waals surface area contributed by atoms with Crippen molar-refractivity contribution in [2.45, 2.75) is 197 Å². The molecule has 4 saturated carbocycles. The summed E-state index contributed by atoms with van der Waals surface area (Å²) < 4.78 is 42.1. The van der Waals surface area contributed by atoms with Crippen molar-refractivity contribution < 1.29 is 68.6 Å². The lowest BCUT2D eigenvalue weighted by atomic mass is 9.43. The summed E-state index contributed by atoms with van der Waals surface area (Å²) in [5, 5.41) is 66.3. The maximum atomic E-state index is 12.6. The molecule has 4 aliphatic carbocycles. The predicted octanol–water partition coefficient (Wildman–Crippen LogP) is 2.22. The number of aliphatic hydroxyl groups is 6. The van der Waals surface area contributed by atoms with Crippen LogP contribution in [0.1, 0.15) is 105 Å². The van der Waals surface area contributed by atoms with Crippen LogP contribution in [0.15, 0.2) is 11.6 Å². The molecule has 55 heavy (non-hydrogen) atoms. The highest BCUT2D eigenvalue weighted by atomic mass is 16.7. The highest BCUT2D eigenvalue weighted by molar-refractivity contribution is 5.85. The van der Waals surface area contributed by atoms with Crippen LogP contribution < -0.4 is 0 Å². The first-order valence-electron chi connectivity index (χ1n) is 20.9. The van der Waals surface area contributed by atoms with Crippen LogP contribution in [0, 0.1) is 34.5 Å². The van der Waals surface area contributed by atoms with Crippen LogP contribution in [-0.2, 0) is 38.0 Å². The Morgan fingerprint density at radius 1 is 0.691 bits per heavy atom. The topological polar surface area (TPSA) is 203 Å². The highest BCUT2D eigenvalue weighted by Crippen LogP contribution is 2.70. The largest absolute Gasteiger partial charge is 0.458 e. The van der Waals surface area contributed by atoms with Gasteiger partial charge in [0.15, 0.2) is 18.9 Å². The summed E-state index contributed by atoms with van der Waals surface area (Å²) in [5.74, 6) is 0.174. The summed E-state index contributed by atoms with van der Waals surface area (Å²) in [7, 11) is 0. The molecule has 8 rings (SSSR count). The van der Waals surface area contributed by atoms with E-state index >= 15 is 0 Å². The first-order chi connectivity index (χ1) is 26.0. The normalized spacial score (nSPS) is 55.5. The molecular weight excluding hydrogens is 716 g/mol. The summed E-state index contributed by atoms with van der Waals surface area (Å²) >= 11 is 0. The fraction of sp³-hybridized carbons (Fsp3) is 0.927. The molecule has 0 radical (unpaired) electrons. The van der Waals surface area contributed by atoms with E-state index in [4.69, 9.17) is 33.2 Å². The predicted molar refractivity (Wildman–Crippen MR) is 193 cm³/mol. The van der Waals surface area contributed by atoms with Crippen LogP contribution in [-0.4, -0.2) is 135 Å². The molecule has 0 aromatic heterocycles. The molecule has 312 valence electrons. The first kappa shape index (κ1) is 40.5. The Hall–Kier alpha value is -1.27. The molecule has 0 amide bonds. The number of hydrogen-bond donors (Lipinski definition) is 6. The number of hydrogen-bond acceptors (Lipinski definition) is 14. The highest BCUT2D eigenvalue weighted by Gasteiger charge is 2.70. The van der Waals surface area contributed by atoms with Gasteiger partial charge in [-0.1, -0.05) is 13.8 Å². The van der Waals surface area contributed by atoms with Crippen molar-refractivity contribution >= 4 is 5.97 Å². The zero-order chi connectivity index (χ0) is 39.2. The Bertz CT molecular complexity index is 1410. The number of rotatable bonds is 7. The molecule has 0 spiro atoms. The summed E-state index contributed by atoms with van der Waals surface area (Å²) in [5.41, 5.74) is -0.686. The monoisotopic (exact) mass is 780 g/mol. The van der Waals surface area contributed by atoms with E-state index in [9.17, 15) is 35.4 Å². The minimum Gasteiger partial charge on any atom is -0.458 e. The van der Waals surface area contributed by atoms with E-state index in [1.165, 1.54) is 6.08 Å². The van der Waals surface area contributed by atoms with Crippen LogP contribution in [0.2, 0.25) is 0 Å². The lowest BCUT2D eigenvalue weighted by Crippen LogP contribution is -2.62. The average molecular weight is 781 g/mol. The molecule has 0 bridgehead atoms. The number of cyclic esters (lactones) is 1. The van der Waals surface area contributed by atoms with Gasteiger partial charge < -0.3 is 63.8 Å². The van der Waals surface area contributed by atoms with Crippen molar-refractivity contribution in [2.24, 2.45) is 34.5 Å². The van der Waals surface area contributed by atoms with Gasteiger partial charge >= 0.3 is 5.97 Å². The fourth-order valence-corrected chi connectivity index (χ4v) is 12.9. The molecule has 0 aromatic rings. The van der Waals surface area contributed by atoms with Gasteiger partial charge in [0.25, 0.3) is 0 Å². The fourth-order valence-electron chi connectivity index (χ4n) is 12.9. The van der Waals surface area contributed by atoms with Crippen molar-refractivity contribution in [1.82, 2.24) is 0 Å². The van der Waals surface area contributed by atoms with Crippen molar-refractivity contribution in [1.29, 1.82) is 0 Å². The van der Waals surface area contributed by atoms with Crippen LogP contribution in [0.25, 0.3) is 0 Å². The Kier molecular flexibility index (Phi) is 11.1. The summed E-state index contributed by atoms with van der Waals surface area (Å²) in [6, 6.07) is 0. The standard InChI is InChI=1S/C41H64O14/c1-19-36(47)27(42)14-33(50-19)54-38-21(3)52-34(16-29(38)44)55-37-20(2)51-32(15-28(37)43)53-24-8-10-39(4)23(13-24)6-7-26-25(39)9-11-40(5)35(22-12-31(46)49-18-22)30(45)17-41(26,40)48/h12,19-21,23-30,32-38,42-45,47-48H,6-11,13-18H2,1-5H3/t19-,20+,21+,23+,24+,25-,26+,27+,28+,29+,30+,32-,33+,34-,35+,36+,37-,38-,39-,40+,41+/m0/s1. The molecule has 8 aliphatic rings. The third-order valence-corrected chi connectivity index (χ3v) is 15.8. The molecule has 6 N–H and O–H groups in total. The minimum absolute atomic E-state index is 0.0203. The lowest BCUT2D eigenvalue weighted by molar-refractivity contribution is -0.336. The van der Waals surface area contributed by atoms with Crippen molar-refractivity contribution in [3.8, 4) is 0 Å². The SMILES string of the molecule is C[C@@H]1O[C@H](O[C@@H]2[C@H](O)C[C@H](O[C@@H]3[C@H](O)C[C@H](O[C@@H]4CC[C@@]5(C)[C@H](CC[C@@H]6[C@@H]5CC[C@]5(C)[C@H](C7=CC(=O)OC7)[C@H](O)C[C@@]65O)C4)O[C@@H]3C)O[C@@H]2C)C[C@@H](O)[C@@H]1O. The second-order valence-corrected chi connectivity index (χ2v) is 18.9. The van der Waals surface area contributed by atoms with Gasteiger partial charge in [0.2, 0.25) is 0 Å². The Labute approximate surface area is 323 Å². The molecule has 14 heteroatoms. The third-order valence-electron chi connectivity index (χ3n) is 15.8. The summed E-state index contributed by atoms with van der Waals surface area (Å²) in [4.78, 5) is 12.0. The average Bonchev–Trinajstić information content (AvgIpc) is 3.62.